The van der Waals surface area contributed by atoms with Gasteiger partial charge < -0.3 is 11.1 Å². The molecule has 0 aromatic heterocycles. The van der Waals surface area contributed by atoms with Crippen LogP contribution in [0.4, 0.5) is 5.69 Å². The number of nitrogens with two attached hydrogens (primary N) is 1. The molecule has 70 valence electrons. The maximum atomic E-state index is 5.92. The Labute approximate surface area is 79.1 Å². The van der Waals surface area contributed by atoms with E-state index < -0.39 is 0 Å². The molecule has 0 aliphatic heterocycles. The highest BCUT2D eigenvalue weighted by Gasteiger charge is 2.16. The second-order valence-corrected chi connectivity index (χ2v) is 3.70. The molecule has 2 nitrogen and oxygen atoms in total. The molecule has 1 aromatic carbocycles. The van der Waals surface area contributed by atoms with Gasteiger partial charge in [0.25, 0.3) is 0 Å². The van der Waals surface area contributed by atoms with Gasteiger partial charge in [-0.2, -0.15) is 0 Å². The molecule has 0 amide bonds. The predicted octanol–water partition coefficient (Wildman–Crippen LogP) is 1.54. The quantitative estimate of drug-likeness (QED) is 0.681. The molecular formula is C11H16N2. The predicted molar refractivity (Wildman–Crippen MR) is 56.0 cm³/mol. The van der Waals surface area contributed by atoms with Crippen molar-refractivity contribution in [2.45, 2.75) is 25.3 Å². The van der Waals surface area contributed by atoms with E-state index in [1.165, 1.54) is 16.8 Å². The first-order chi connectivity index (χ1) is 6.31. The Morgan fingerprint density at radius 1 is 1.46 bits per heavy atom. The van der Waals surface area contributed by atoms with Crippen molar-refractivity contribution in [3.05, 3.63) is 29.3 Å². The van der Waals surface area contributed by atoms with E-state index in [1.54, 1.807) is 0 Å². The van der Waals surface area contributed by atoms with Crippen LogP contribution in [0.2, 0.25) is 0 Å². The van der Waals surface area contributed by atoms with Crippen molar-refractivity contribution in [1.29, 1.82) is 0 Å². The van der Waals surface area contributed by atoms with Gasteiger partial charge in [-0.25, -0.2) is 0 Å². The Morgan fingerprint density at radius 2 is 2.31 bits per heavy atom. The number of anilines is 1. The number of rotatable bonds is 1. The van der Waals surface area contributed by atoms with E-state index in [0.29, 0.717) is 6.04 Å². The van der Waals surface area contributed by atoms with E-state index in [9.17, 15) is 0 Å². The van der Waals surface area contributed by atoms with Crippen LogP contribution in [-0.4, -0.2) is 13.1 Å². The minimum Gasteiger partial charge on any atom is -0.388 e. The highest BCUT2D eigenvalue weighted by Crippen LogP contribution is 2.26. The number of fused-ring (bicyclic) bond motifs is 1. The SMILES string of the molecule is CNc1cccc2c1CCC(N)C2. The summed E-state index contributed by atoms with van der Waals surface area (Å²) in [5.41, 5.74) is 10.1. The second kappa shape index (κ2) is 3.38. The van der Waals surface area contributed by atoms with Gasteiger partial charge in [-0.1, -0.05) is 12.1 Å². The largest absolute Gasteiger partial charge is 0.388 e. The highest BCUT2D eigenvalue weighted by molar-refractivity contribution is 5.55. The van der Waals surface area contributed by atoms with E-state index in [-0.39, 0.29) is 0 Å². The molecule has 2 rings (SSSR count). The Kier molecular flexibility index (Phi) is 2.23. The van der Waals surface area contributed by atoms with Crippen LogP contribution in [0.25, 0.3) is 0 Å². The number of nitrogens with one attached hydrogen (secondary N) is 1. The van der Waals surface area contributed by atoms with Gasteiger partial charge in [0.05, 0.1) is 0 Å². The maximum absolute atomic E-state index is 5.92. The van der Waals surface area contributed by atoms with E-state index >= 15 is 0 Å². The van der Waals surface area contributed by atoms with E-state index in [4.69, 9.17) is 5.73 Å². The van der Waals surface area contributed by atoms with Crippen LogP contribution in [0.5, 0.6) is 0 Å². The van der Waals surface area contributed by atoms with Crippen molar-refractivity contribution in [3.8, 4) is 0 Å². The van der Waals surface area contributed by atoms with Crippen molar-refractivity contribution < 1.29 is 0 Å². The Bertz CT molecular complexity index is 307. The zero-order valence-corrected chi connectivity index (χ0v) is 8.01. The summed E-state index contributed by atoms with van der Waals surface area (Å²) >= 11 is 0. The Balaban J connectivity index is 2.39. The fraction of sp³-hybridized carbons (Fsp3) is 0.455. The second-order valence-electron chi connectivity index (χ2n) is 3.70. The first kappa shape index (κ1) is 8.57. The first-order valence-electron chi connectivity index (χ1n) is 4.85. The molecular weight excluding hydrogens is 160 g/mol. The monoisotopic (exact) mass is 176 g/mol. The molecule has 13 heavy (non-hydrogen) atoms. The molecule has 1 aliphatic rings. The van der Waals surface area contributed by atoms with E-state index in [2.05, 4.69) is 23.5 Å². The summed E-state index contributed by atoms with van der Waals surface area (Å²) in [7, 11) is 1.98. The number of hydrogen-bond donors (Lipinski definition) is 2. The van der Waals surface area contributed by atoms with Crippen molar-refractivity contribution in [2.24, 2.45) is 5.73 Å². The molecule has 0 bridgehead atoms. The van der Waals surface area contributed by atoms with Crippen LogP contribution in [0.15, 0.2) is 18.2 Å². The van der Waals surface area contributed by atoms with Crippen LogP contribution in [-0.2, 0) is 12.8 Å². The van der Waals surface area contributed by atoms with Gasteiger partial charge in [-0.3, -0.25) is 0 Å². The Morgan fingerprint density at radius 3 is 3.08 bits per heavy atom. The average molecular weight is 176 g/mol. The molecule has 0 fully saturated rings. The molecule has 0 radical (unpaired) electrons. The fourth-order valence-corrected chi connectivity index (χ4v) is 2.07. The lowest BCUT2D eigenvalue weighted by Gasteiger charge is -2.23. The van der Waals surface area contributed by atoms with Crippen molar-refractivity contribution in [2.75, 3.05) is 12.4 Å². The number of hydrogen-bond acceptors (Lipinski definition) is 2. The zero-order chi connectivity index (χ0) is 9.26. The summed E-state index contributed by atoms with van der Waals surface area (Å²) in [6.45, 7) is 0. The molecule has 0 spiro atoms. The summed E-state index contributed by atoms with van der Waals surface area (Å²) < 4.78 is 0. The van der Waals surface area contributed by atoms with Crippen LogP contribution < -0.4 is 11.1 Å². The topological polar surface area (TPSA) is 38.0 Å². The van der Waals surface area contributed by atoms with Gasteiger partial charge in [0.15, 0.2) is 0 Å². The number of benzene rings is 1. The van der Waals surface area contributed by atoms with Crippen molar-refractivity contribution in [1.82, 2.24) is 0 Å². The zero-order valence-electron chi connectivity index (χ0n) is 8.01. The summed E-state index contributed by atoms with van der Waals surface area (Å²) in [5, 5.41) is 3.23. The third-order valence-corrected chi connectivity index (χ3v) is 2.79. The maximum Gasteiger partial charge on any atom is 0.0372 e. The van der Waals surface area contributed by atoms with Crippen molar-refractivity contribution >= 4 is 5.69 Å². The molecule has 3 N–H and O–H groups in total. The third-order valence-electron chi connectivity index (χ3n) is 2.79. The Hall–Kier alpha value is -1.02. The van der Waals surface area contributed by atoms with Gasteiger partial charge in [-0.15, -0.1) is 0 Å². The normalized spacial score (nSPS) is 20.9. The van der Waals surface area contributed by atoms with Crippen LogP contribution in [0.1, 0.15) is 17.5 Å². The molecule has 0 heterocycles. The fourth-order valence-electron chi connectivity index (χ4n) is 2.07. The highest BCUT2D eigenvalue weighted by atomic mass is 14.8. The lowest BCUT2D eigenvalue weighted by Crippen LogP contribution is -2.28. The van der Waals surface area contributed by atoms with Crippen LogP contribution in [0, 0.1) is 0 Å². The molecule has 1 unspecified atom stereocenters. The van der Waals surface area contributed by atoms with Gasteiger partial charge in [0, 0.05) is 18.8 Å². The standard InChI is InChI=1S/C11H16N2/c1-13-11-4-2-3-8-7-9(12)5-6-10(8)11/h2-4,9,13H,5-7,12H2,1H3. The van der Waals surface area contributed by atoms with Gasteiger partial charge in [-0.05, 0) is 36.5 Å². The third kappa shape index (κ3) is 1.54. The lowest BCUT2D eigenvalue weighted by atomic mass is 9.88. The van der Waals surface area contributed by atoms with Gasteiger partial charge >= 0.3 is 0 Å². The molecule has 1 aliphatic carbocycles. The molecule has 1 aromatic rings. The summed E-state index contributed by atoms with van der Waals surface area (Å²) in [6.07, 6.45) is 3.27. The smallest absolute Gasteiger partial charge is 0.0372 e. The van der Waals surface area contributed by atoms with Gasteiger partial charge in [0.1, 0.15) is 0 Å². The van der Waals surface area contributed by atoms with Crippen LogP contribution in [0.3, 0.4) is 0 Å². The minimum atomic E-state index is 0.361. The van der Waals surface area contributed by atoms with Crippen LogP contribution >= 0.6 is 0 Å². The molecule has 1 atom stereocenters. The molecule has 0 saturated carbocycles. The summed E-state index contributed by atoms with van der Waals surface area (Å²) in [6, 6.07) is 6.78. The molecule has 2 heteroatoms. The average Bonchev–Trinajstić information content (AvgIpc) is 2.16. The van der Waals surface area contributed by atoms with Crippen molar-refractivity contribution in [3.63, 3.8) is 0 Å². The summed E-state index contributed by atoms with van der Waals surface area (Å²) in [5.74, 6) is 0. The summed E-state index contributed by atoms with van der Waals surface area (Å²) in [4.78, 5) is 0. The van der Waals surface area contributed by atoms with E-state index in [0.717, 1.165) is 19.3 Å². The van der Waals surface area contributed by atoms with Gasteiger partial charge in [0.2, 0.25) is 0 Å². The lowest BCUT2D eigenvalue weighted by molar-refractivity contribution is 0.577. The molecule has 0 saturated heterocycles. The minimum absolute atomic E-state index is 0.361. The van der Waals surface area contributed by atoms with E-state index in [1.807, 2.05) is 7.05 Å². The first-order valence-corrected chi connectivity index (χ1v) is 4.85.